The van der Waals surface area contributed by atoms with Gasteiger partial charge in [0, 0.05) is 5.92 Å². The first-order chi connectivity index (χ1) is 6.18. The summed E-state index contributed by atoms with van der Waals surface area (Å²) in [4.78, 5) is 0. The molecule has 70 valence electrons. The molecule has 2 atom stereocenters. The molecular formula is C11H13FO. The van der Waals surface area contributed by atoms with Crippen LogP contribution in [0.2, 0.25) is 0 Å². The van der Waals surface area contributed by atoms with E-state index in [1.165, 1.54) is 6.07 Å². The second-order valence-corrected chi connectivity index (χ2v) is 3.78. The lowest BCUT2D eigenvalue weighted by atomic mass is 9.76. The molecule has 0 radical (unpaired) electrons. The molecule has 0 amide bonds. The predicted octanol–water partition coefficient (Wildman–Crippen LogP) is 2.37. The fourth-order valence-corrected chi connectivity index (χ4v) is 1.79. The molecule has 2 heteroatoms. The second-order valence-electron chi connectivity index (χ2n) is 3.78. The maximum atomic E-state index is 13.3. The summed E-state index contributed by atoms with van der Waals surface area (Å²) >= 11 is 0. The van der Waals surface area contributed by atoms with Gasteiger partial charge in [0.25, 0.3) is 0 Å². The van der Waals surface area contributed by atoms with Crippen LogP contribution in [0.4, 0.5) is 4.39 Å². The third kappa shape index (κ3) is 1.46. The minimum atomic E-state index is -0.337. The maximum absolute atomic E-state index is 13.3. The molecule has 0 spiro atoms. The predicted molar refractivity (Wildman–Crippen MR) is 49.1 cm³/mol. The first kappa shape index (κ1) is 8.70. The highest BCUT2D eigenvalue weighted by Crippen LogP contribution is 2.38. The molecule has 1 N–H and O–H groups in total. The SMILES string of the molecule is Cc1ccc(F)c(C2CCC2O)c1. The Morgan fingerprint density at radius 1 is 1.38 bits per heavy atom. The summed E-state index contributed by atoms with van der Waals surface area (Å²) in [6.07, 6.45) is 1.37. The molecule has 2 rings (SSSR count). The van der Waals surface area contributed by atoms with Crippen molar-refractivity contribution in [1.29, 1.82) is 0 Å². The van der Waals surface area contributed by atoms with Crippen LogP contribution in [0.1, 0.15) is 29.9 Å². The van der Waals surface area contributed by atoms with Crippen molar-refractivity contribution < 1.29 is 9.50 Å². The Hall–Kier alpha value is -0.890. The fourth-order valence-electron chi connectivity index (χ4n) is 1.79. The Morgan fingerprint density at radius 2 is 2.15 bits per heavy atom. The van der Waals surface area contributed by atoms with E-state index < -0.39 is 0 Å². The van der Waals surface area contributed by atoms with Gasteiger partial charge in [-0.05, 0) is 31.4 Å². The van der Waals surface area contributed by atoms with Crippen LogP contribution in [0.5, 0.6) is 0 Å². The number of hydrogen-bond donors (Lipinski definition) is 1. The Labute approximate surface area is 77.2 Å². The standard InChI is InChI=1S/C11H13FO/c1-7-2-4-10(12)9(6-7)8-3-5-11(8)13/h2,4,6,8,11,13H,3,5H2,1H3. The zero-order chi connectivity index (χ0) is 9.42. The smallest absolute Gasteiger partial charge is 0.126 e. The fraction of sp³-hybridized carbons (Fsp3) is 0.455. The second kappa shape index (κ2) is 3.11. The summed E-state index contributed by atoms with van der Waals surface area (Å²) in [6.45, 7) is 1.94. The van der Waals surface area contributed by atoms with Gasteiger partial charge in [-0.1, -0.05) is 17.7 Å². The molecule has 1 aliphatic rings. The number of aliphatic hydroxyl groups is 1. The lowest BCUT2D eigenvalue weighted by molar-refractivity contribution is 0.0644. The summed E-state index contributed by atoms with van der Waals surface area (Å²) in [5, 5.41) is 9.41. The van der Waals surface area contributed by atoms with Crippen LogP contribution in [0.25, 0.3) is 0 Å². The van der Waals surface area contributed by atoms with Crippen LogP contribution in [0, 0.1) is 12.7 Å². The van der Waals surface area contributed by atoms with E-state index >= 15 is 0 Å². The maximum Gasteiger partial charge on any atom is 0.126 e. The first-order valence-corrected chi connectivity index (χ1v) is 4.62. The minimum absolute atomic E-state index is 0.0277. The highest BCUT2D eigenvalue weighted by atomic mass is 19.1. The van der Waals surface area contributed by atoms with Crippen LogP contribution in [-0.2, 0) is 0 Å². The van der Waals surface area contributed by atoms with E-state index in [0.29, 0.717) is 5.56 Å². The summed E-state index contributed by atoms with van der Waals surface area (Å²) in [7, 11) is 0. The van der Waals surface area contributed by atoms with E-state index in [-0.39, 0.29) is 17.8 Å². The molecule has 0 bridgehead atoms. The van der Waals surface area contributed by atoms with Gasteiger partial charge in [-0.15, -0.1) is 0 Å². The van der Waals surface area contributed by atoms with E-state index in [1.54, 1.807) is 6.07 Å². The van der Waals surface area contributed by atoms with Crippen LogP contribution in [0.3, 0.4) is 0 Å². The van der Waals surface area contributed by atoms with Crippen molar-refractivity contribution in [3.8, 4) is 0 Å². The lowest BCUT2D eigenvalue weighted by Crippen LogP contribution is -2.29. The number of halogens is 1. The zero-order valence-electron chi connectivity index (χ0n) is 7.63. The molecule has 1 aliphatic carbocycles. The van der Waals surface area contributed by atoms with Crippen molar-refractivity contribution in [2.75, 3.05) is 0 Å². The van der Waals surface area contributed by atoms with Crippen molar-refractivity contribution in [3.05, 3.63) is 35.1 Å². The largest absolute Gasteiger partial charge is 0.392 e. The number of aliphatic hydroxyl groups excluding tert-OH is 1. The van der Waals surface area contributed by atoms with Gasteiger partial charge in [-0.2, -0.15) is 0 Å². The number of rotatable bonds is 1. The lowest BCUT2D eigenvalue weighted by Gasteiger charge is -2.33. The third-order valence-electron chi connectivity index (χ3n) is 2.79. The monoisotopic (exact) mass is 180 g/mol. The number of hydrogen-bond acceptors (Lipinski definition) is 1. The summed E-state index contributed by atoms with van der Waals surface area (Å²) in [6, 6.07) is 5.07. The van der Waals surface area contributed by atoms with Gasteiger partial charge in [0.2, 0.25) is 0 Å². The molecule has 0 heterocycles. The van der Waals surface area contributed by atoms with Gasteiger partial charge in [-0.25, -0.2) is 4.39 Å². The average molecular weight is 180 g/mol. The molecule has 13 heavy (non-hydrogen) atoms. The molecule has 0 aliphatic heterocycles. The third-order valence-corrected chi connectivity index (χ3v) is 2.79. The van der Waals surface area contributed by atoms with Gasteiger partial charge in [0.15, 0.2) is 0 Å². The van der Waals surface area contributed by atoms with Gasteiger partial charge in [0.1, 0.15) is 5.82 Å². The van der Waals surface area contributed by atoms with Crippen LogP contribution < -0.4 is 0 Å². The molecular weight excluding hydrogens is 167 g/mol. The highest BCUT2D eigenvalue weighted by molar-refractivity contribution is 5.29. The zero-order valence-corrected chi connectivity index (χ0v) is 7.63. The molecule has 1 aromatic carbocycles. The Kier molecular flexibility index (Phi) is 2.08. The summed E-state index contributed by atoms with van der Waals surface area (Å²) < 4.78 is 13.3. The molecule has 1 aromatic rings. The Morgan fingerprint density at radius 3 is 2.69 bits per heavy atom. The molecule has 1 fully saturated rings. The molecule has 1 saturated carbocycles. The normalized spacial score (nSPS) is 27.0. The van der Waals surface area contributed by atoms with Gasteiger partial charge in [0.05, 0.1) is 6.10 Å². The van der Waals surface area contributed by atoms with Crippen molar-refractivity contribution in [3.63, 3.8) is 0 Å². The quantitative estimate of drug-likeness (QED) is 0.703. The molecule has 2 unspecified atom stereocenters. The highest BCUT2D eigenvalue weighted by Gasteiger charge is 2.31. The van der Waals surface area contributed by atoms with E-state index in [2.05, 4.69) is 0 Å². The average Bonchev–Trinajstić information content (AvgIpc) is 2.09. The van der Waals surface area contributed by atoms with Crippen molar-refractivity contribution >= 4 is 0 Å². The van der Waals surface area contributed by atoms with E-state index in [0.717, 1.165) is 18.4 Å². The minimum Gasteiger partial charge on any atom is -0.392 e. The van der Waals surface area contributed by atoms with Crippen LogP contribution >= 0.6 is 0 Å². The van der Waals surface area contributed by atoms with Gasteiger partial charge < -0.3 is 5.11 Å². The van der Waals surface area contributed by atoms with E-state index in [1.807, 2.05) is 13.0 Å². The Bertz CT molecular complexity index is 322. The van der Waals surface area contributed by atoms with Crippen molar-refractivity contribution in [2.24, 2.45) is 0 Å². The Balaban J connectivity index is 2.33. The van der Waals surface area contributed by atoms with Crippen LogP contribution in [-0.4, -0.2) is 11.2 Å². The van der Waals surface area contributed by atoms with Crippen LogP contribution in [0.15, 0.2) is 18.2 Å². The topological polar surface area (TPSA) is 20.2 Å². The van der Waals surface area contributed by atoms with E-state index in [9.17, 15) is 9.50 Å². The van der Waals surface area contributed by atoms with Crippen molar-refractivity contribution in [1.82, 2.24) is 0 Å². The van der Waals surface area contributed by atoms with Gasteiger partial charge in [-0.3, -0.25) is 0 Å². The molecule has 0 aromatic heterocycles. The van der Waals surface area contributed by atoms with Gasteiger partial charge >= 0.3 is 0 Å². The molecule has 0 saturated heterocycles. The molecule has 1 nitrogen and oxygen atoms in total. The summed E-state index contributed by atoms with van der Waals surface area (Å²) in [5.74, 6) is -0.158. The summed E-state index contributed by atoms with van der Waals surface area (Å²) in [5.41, 5.74) is 1.73. The van der Waals surface area contributed by atoms with E-state index in [4.69, 9.17) is 0 Å². The van der Waals surface area contributed by atoms with Crippen molar-refractivity contribution in [2.45, 2.75) is 31.8 Å². The first-order valence-electron chi connectivity index (χ1n) is 4.62. The number of benzene rings is 1. The number of aryl methyl sites for hydroxylation is 1.